The van der Waals surface area contributed by atoms with Gasteiger partial charge >= 0.3 is 5.97 Å². The molecule has 0 bridgehead atoms. The van der Waals surface area contributed by atoms with Crippen LogP contribution in [0.5, 0.6) is 0 Å². The number of ether oxygens (including phenoxy) is 1. The largest absolute Gasteiger partial charge is 0.465 e. The van der Waals surface area contributed by atoms with E-state index in [9.17, 15) is 14.4 Å². The highest BCUT2D eigenvalue weighted by Gasteiger charge is 2.27. The van der Waals surface area contributed by atoms with Crippen LogP contribution in [0, 0.1) is 6.92 Å². The van der Waals surface area contributed by atoms with Crippen molar-refractivity contribution in [1.82, 2.24) is 5.32 Å². The van der Waals surface area contributed by atoms with Gasteiger partial charge in [0.05, 0.1) is 23.8 Å². The Kier molecular flexibility index (Phi) is 4.85. The van der Waals surface area contributed by atoms with Gasteiger partial charge in [-0.25, -0.2) is 4.79 Å². The number of anilines is 1. The summed E-state index contributed by atoms with van der Waals surface area (Å²) in [6.45, 7) is 1.83. The predicted octanol–water partition coefficient (Wildman–Crippen LogP) is 1.30. The SMILES string of the molecule is COC(=O)c1ccc(C)c(NC(=O)CC2SCNC2=O)c1. The standard InChI is InChI=1S/C14H16N2O4S/c1-8-3-4-9(14(19)20-2)5-10(8)16-12(17)6-11-13(18)15-7-21-11/h3-5,11H,6-7H2,1-2H3,(H,15,18)(H,16,17). The number of hydrogen-bond acceptors (Lipinski definition) is 5. The topological polar surface area (TPSA) is 84.5 Å². The van der Waals surface area contributed by atoms with Gasteiger partial charge in [-0.2, -0.15) is 0 Å². The van der Waals surface area contributed by atoms with E-state index in [0.29, 0.717) is 17.1 Å². The van der Waals surface area contributed by atoms with Crippen LogP contribution in [0.2, 0.25) is 0 Å². The third-order valence-electron chi connectivity index (χ3n) is 3.13. The zero-order valence-electron chi connectivity index (χ0n) is 11.8. The fourth-order valence-corrected chi connectivity index (χ4v) is 2.86. The monoisotopic (exact) mass is 308 g/mol. The number of amides is 2. The molecule has 1 atom stereocenters. The first-order valence-corrected chi connectivity index (χ1v) is 7.44. The Morgan fingerprint density at radius 2 is 2.24 bits per heavy atom. The average molecular weight is 308 g/mol. The van der Waals surface area contributed by atoms with Gasteiger partial charge in [0.25, 0.3) is 0 Å². The quantitative estimate of drug-likeness (QED) is 0.819. The summed E-state index contributed by atoms with van der Waals surface area (Å²) >= 11 is 1.41. The molecule has 1 aliphatic rings. The molecule has 1 aromatic carbocycles. The van der Waals surface area contributed by atoms with E-state index in [2.05, 4.69) is 15.4 Å². The molecule has 2 rings (SSSR count). The van der Waals surface area contributed by atoms with E-state index >= 15 is 0 Å². The zero-order chi connectivity index (χ0) is 15.4. The minimum absolute atomic E-state index is 0.110. The number of carbonyl (C=O) groups is 3. The summed E-state index contributed by atoms with van der Waals surface area (Å²) in [4.78, 5) is 34.9. The van der Waals surface area contributed by atoms with Crippen molar-refractivity contribution in [3.8, 4) is 0 Å². The second kappa shape index (κ2) is 6.62. The lowest BCUT2D eigenvalue weighted by molar-refractivity contribution is -0.123. The number of methoxy groups -OCH3 is 1. The molecule has 1 aromatic rings. The number of thioether (sulfide) groups is 1. The van der Waals surface area contributed by atoms with Gasteiger partial charge in [-0.3, -0.25) is 9.59 Å². The summed E-state index contributed by atoms with van der Waals surface area (Å²) in [6, 6.07) is 4.94. The van der Waals surface area contributed by atoms with Crippen LogP contribution < -0.4 is 10.6 Å². The molecule has 0 aliphatic carbocycles. The van der Waals surface area contributed by atoms with Crippen molar-refractivity contribution in [3.05, 3.63) is 29.3 Å². The smallest absolute Gasteiger partial charge is 0.337 e. The third kappa shape index (κ3) is 3.75. The van der Waals surface area contributed by atoms with Crippen molar-refractivity contribution in [2.45, 2.75) is 18.6 Å². The molecule has 112 valence electrons. The fraction of sp³-hybridized carbons (Fsp3) is 0.357. The molecule has 1 heterocycles. The van der Waals surface area contributed by atoms with Crippen LogP contribution in [-0.2, 0) is 14.3 Å². The number of benzene rings is 1. The van der Waals surface area contributed by atoms with Gasteiger partial charge in [0.1, 0.15) is 0 Å². The van der Waals surface area contributed by atoms with E-state index in [-0.39, 0.29) is 23.5 Å². The Morgan fingerprint density at radius 3 is 2.86 bits per heavy atom. The van der Waals surface area contributed by atoms with Crippen molar-refractivity contribution >= 4 is 35.2 Å². The van der Waals surface area contributed by atoms with E-state index < -0.39 is 5.97 Å². The molecular weight excluding hydrogens is 292 g/mol. The van der Waals surface area contributed by atoms with E-state index in [1.807, 2.05) is 6.92 Å². The van der Waals surface area contributed by atoms with E-state index in [1.165, 1.54) is 18.9 Å². The summed E-state index contributed by atoms with van der Waals surface area (Å²) in [5.41, 5.74) is 1.75. The van der Waals surface area contributed by atoms with Gasteiger partial charge in [0.2, 0.25) is 11.8 Å². The van der Waals surface area contributed by atoms with Crippen molar-refractivity contribution in [2.75, 3.05) is 18.3 Å². The summed E-state index contributed by atoms with van der Waals surface area (Å²) < 4.78 is 4.65. The van der Waals surface area contributed by atoms with E-state index in [1.54, 1.807) is 18.2 Å². The highest BCUT2D eigenvalue weighted by Crippen LogP contribution is 2.22. The molecule has 6 nitrogen and oxygen atoms in total. The van der Waals surface area contributed by atoms with Gasteiger partial charge in [-0.15, -0.1) is 11.8 Å². The van der Waals surface area contributed by atoms with Crippen molar-refractivity contribution < 1.29 is 19.1 Å². The first-order chi connectivity index (χ1) is 10.0. The Morgan fingerprint density at radius 1 is 1.48 bits per heavy atom. The zero-order valence-corrected chi connectivity index (χ0v) is 12.6. The second-order valence-corrected chi connectivity index (χ2v) is 5.81. The van der Waals surface area contributed by atoms with Crippen molar-refractivity contribution in [2.24, 2.45) is 0 Å². The van der Waals surface area contributed by atoms with Crippen molar-refractivity contribution in [3.63, 3.8) is 0 Å². The Labute approximate surface area is 126 Å². The molecule has 0 spiro atoms. The number of nitrogens with one attached hydrogen (secondary N) is 2. The molecule has 7 heteroatoms. The molecule has 21 heavy (non-hydrogen) atoms. The normalized spacial score (nSPS) is 17.2. The van der Waals surface area contributed by atoms with Gasteiger partial charge in [-0.1, -0.05) is 6.07 Å². The summed E-state index contributed by atoms with van der Waals surface area (Å²) in [7, 11) is 1.30. The molecule has 1 fully saturated rings. The maximum absolute atomic E-state index is 12.0. The summed E-state index contributed by atoms with van der Waals surface area (Å²) in [6.07, 6.45) is 0.110. The molecule has 0 radical (unpaired) electrons. The summed E-state index contributed by atoms with van der Waals surface area (Å²) in [5, 5.41) is 5.05. The van der Waals surface area contributed by atoms with Gasteiger partial charge in [0.15, 0.2) is 0 Å². The Hall–Kier alpha value is -2.02. The molecule has 0 saturated carbocycles. The van der Waals surface area contributed by atoms with Crippen LogP contribution in [0.4, 0.5) is 5.69 Å². The Bertz CT molecular complexity index is 588. The van der Waals surface area contributed by atoms with Gasteiger partial charge in [-0.05, 0) is 24.6 Å². The van der Waals surface area contributed by atoms with E-state index in [0.717, 1.165) is 5.56 Å². The van der Waals surface area contributed by atoms with Crippen LogP contribution in [0.1, 0.15) is 22.3 Å². The van der Waals surface area contributed by atoms with Crippen LogP contribution >= 0.6 is 11.8 Å². The van der Waals surface area contributed by atoms with Crippen LogP contribution in [0.15, 0.2) is 18.2 Å². The molecular formula is C14H16N2O4S. The minimum atomic E-state index is -0.462. The molecule has 1 aliphatic heterocycles. The first kappa shape index (κ1) is 15.4. The molecule has 2 amide bonds. The minimum Gasteiger partial charge on any atom is -0.465 e. The van der Waals surface area contributed by atoms with Crippen LogP contribution in [0.25, 0.3) is 0 Å². The van der Waals surface area contributed by atoms with Gasteiger partial charge < -0.3 is 15.4 Å². The summed E-state index contributed by atoms with van der Waals surface area (Å²) in [5.74, 6) is -0.297. The lowest BCUT2D eigenvalue weighted by Crippen LogP contribution is -2.27. The number of rotatable bonds is 4. The lowest BCUT2D eigenvalue weighted by Gasteiger charge is -2.11. The molecule has 2 N–H and O–H groups in total. The Balaban J connectivity index is 2.06. The average Bonchev–Trinajstić information content (AvgIpc) is 2.85. The lowest BCUT2D eigenvalue weighted by atomic mass is 10.1. The number of esters is 1. The van der Waals surface area contributed by atoms with Crippen LogP contribution in [-0.4, -0.2) is 36.0 Å². The highest BCUT2D eigenvalue weighted by atomic mass is 32.2. The van der Waals surface area contributed by atoms with Crippen molar-refractivity contribution in [1.29, 1.82) is 0 Å². The van der Waals surface area contributed by atoms with E-state index in [4.69, 9.17) is 0 Å². The predicted molar refractivity (Wildman–Crippen MR) is 80.2 cm³/mol. The molecule has 1 unspecified atom stereocenters. The second-order valence-electron chi connectivity index (χ2n) is 4.61. The molecule has 1 saturated heterocycles. The first-order valence-electron chi connectivity index (χ1n) is 6.39. The third-order valence-corrected chi connectivity index (χ3v) is 4.22. The van der Waals surface area contributed by atoms with Crippen LogP contribution in [0.3, 0.4) is 0 Å². The number of carbonyl (C=O) groups excluding carboxylic acids is 3. The fourth-order valence-electron chi connectivity index (χ4n) is 1.93. The highest BCUT2D eigenvalue weighted by molar-refractivity contribution is 8.01. The maximum Gasteiger partial charge on any atom is 0.337 e. The number of aryl methyl sites for hydroxylation is 1. The molecule has 0 aromatic heterocycles. The number of hydrogen-bond donors (Lipinski definition) is 2. The van der Waals surface area contributed by atoms with Gasteiger partial charge in [0, 0.05) is 12.1 Å². The maximum atomic E-state index is 12.0.